The van der Waals surface area contributed by atoms with Gasteiger partial charge in [0.05, 0.1) is 0 Å². The summed E-state index contributed by atoms with van der Waals surface area (Å²) >= 11 is 0. The fraction of sp³-hybridized carbons (Fsp3) is 0.846. The molecule has 1 saturated heterocycles. The molecule has 1 saturated carbocycles. The lowest BCUT2D eigenvalue weighted by molar-refractivity contribution is -0.140. The summed E-state index contributed by atoms with van der Waals surface area (Å²) in [5, 5.41) is 0. The van der Waals surface area contributed by atoms with Crippen molar-refractivity contribution in [2.45, 2.75) is 38.6 Å². The summed E-state index contributed by atoms with van der Waals surface area (Å²) in [6.07, 6.45) is 3.35. The third-order valence-corrected chi connectivity index (χ3v) is 3.68. The largest absolute Gasteiger partial charge is 0.339 e. The minimum Gasteiger partial charge on any atom is -0.339 e. The van der Waals surface area contributed by atoms with Gasteiger partial charge in [-0.1, -0.05) is 0 Å². The standard InChI is InChI=1S/C13H23N3O2/c1-10(14)2-5-12(17)15-6-8-16(9-7-15)13(18)11-3-4-11/h10-11H,2-9,14H2,1H3. The van der Waals surface area contributed by atoms with Crippen molar-refractivity contribution in [3.8, 4) is 0 Å². The molecule has 0 spiro atoms. The molecule has 2 N–H and O–H groups in total. The Bertz CT molecular complexity index is 318. The maximum atomic E-state index is 11.9. The van der Waals surface area contributed by atoms with Crippen LogP contribution in [0.2, 0.25) is 0 Å². The van der Waals surface area contributed by atoms with Gasteiger partial charge in [-0.05, 0) is 26.2 Å². The molecule has 2 aliphatic rings. The van der Waals surface area contributed by atoms with Crippen LogP contribution in [-0.2, 0) is 9.59 Å². The van der Waals surface area contributed by atoms with Crippen LogP contribution in [0, 0.1) is 5.92 Å². The van der Waals surface area contributed by atoms with Crippen molar-refractivity contribution in [1.29, 1.82) is 0 Å². The minimum absolute atomic E-state index is 0.0756. The van der Waals surface area contributed by atoms with E-state index >= 15 is 0 Å². The average molecular weight is 253 g/mol. The van der Waals surface area contributed by atoms with Gasteiger partial charge in [0.15, 0.2) is 0 Å². The molecule has 18 heavy (non-hydrogen) atoms. The fourth-order valence-electron chi connectivity index (χ4n) is 2.27. The summed E-state index contributed by atoms with van der Waals surface area (Å²) in [7, 11) is 0. The molecular weight excluding hydrogens is 230 g/mol. The van der Waals surface area contributed by atoms with Gasteiger partial charge in [0.1, 0.15) is 0 Å². The van der Waals surface area contributed by atoms with Crippen molar-refractivity contribution in [3.05, 3.63) is 0 Å². The summed E-state index contributed by atoms with van der Waals surface area (Å²) in [5.74, 6) is 0.744. The van der Waals surface area contributed by atoms with Crippen LogP contribution in [0.25, 0.3) is 0 Å². The number of nitrogens with zero attached hydrogens (tertiary/aromatic N) is 2. The number of carbonyl (C=O) groups excluding carboxylic acids is 2. The number of amides is 2. The fourth-order valence-corrected chi connectivity index (χ4v) is 2.27. The van der Waals surface area contributed by atoms with Crippen LogP contribution in [-0.4, -0.2) is 53.8 Å². The molecule has 1 aliphatic carbocycles. The zero-order valence-corrected chi connectivity index (χ0v) is 11.1. The first-order valence-electron chi connectivity index (χ1n) is 6.90. The zero-order chi connectivity index (χ0) is 13.1. The third-order valence-electron chi connectivity index (χ3n) is 3.68. The van der Waals surface area contributed by atoms with Gasteiger partial charge in [-0.3, -0.25) is 9.59 Å². The molecule has 5 nitrogen and oxygen atoms in total. The summed E-state index contributed by atoms with van der Waals surface area (Å²) in [6, 6.07) is 0.0756. The quantitative estimate of drug-likeness (QED) is 0.778. The Kier molecular flexibility index (Phi) is 4.22. The number of hydrogen-bond acceptors (Lipinski definition) is 3. The highest BCUT2D eigenvalue weighted by atomic mass is 16.2. The normalized spacial score (nSPS) is 21.9. The van der Waals surface area contributed by atoms with Crippen molar-refractivity contribution in [1.82, 2.24) is 9.80 Å². The molecule has 1 aliphatic heterocycles. The summed E-state index contributed by atoms with van der Waals surface area (Å²) < 4.78 is 0. The Morgan fingerprint density at radius 1 is 1.17 bits per heavy atom. The zero-order valence-electron chi connectivity index (χ0n) is 11.1. The first-order valence-corrected chi connectivity index (χ1v) is 6.90. The molecule has 102 valence electrons. The van der Waals surface area contributed by atoms with Gasteiger partial charge in [0, 0.05) is 44.6 Å². The van der Waals surface area contributed by atoms with Crippen LogP contribution in [0.5, 0.6) is 0 Å². The second-order valence-corrected chi connectivity index (χ2v) is 5.50. The Hall–Kier alpha value is -1.10. The summed E-state index contributed by atoms with van der Waals surface area (Å²) in [5.41, 5.74) is 5.65. The molecular formula is C13H23N3O2. The van der Waals surface area contributed by atoms with Crippen LogP contribution in [0.1, 0.15) is 32.6 Å². The topological polar surface area (TPSA) is 66.6 Å². The van der Waals surface area contributed by atoms with E-state index in [1.807, 2.05) is 16.7 Å². The van der Waals surface area contributed by atoms with E-state index in [2.05, 4.69) is 0 Å². The highest BCUT2D eigenvalue weighted by Crippen LogP contribution is 2.31. The van der Waals surface area contributed by atoms with E-state index in [0.29, 0.717) is 32.6 Å². The second kappa shape index (κ2) is 5.69. The van der Waals surface area contributed by atoms with Gasteiger partial charge in [-0.25, -0.2) is 0 Å². The lowest BCUT2D eigenvalue weighted by Crippen LogP contribution is -2.51. The van der Waals surface area contributed by atoms with Crippen LogP contribution >= 0.6 is 0 Å². The molecule has 0 bridgehead atoms. The Morgan fingerprint density at radius 3 is 2.22 bits per heavy atom. The lowest BCUT2D eigenvalue weighted by atomic mass is 10.1. The van der Waals surface area contributed by atoms with Gasteiger partial charge in [-0.2, -0.15) is 0 Å². The molecule has 0 aromatic rings. The van der Waals surface area contributed by atoms with Crippen LogP contribution in [0.15, 0.2) is 0 Å². The van der Waals surface area contributed by atoms with E-state index < -0.39 is 0 Å². The molecule has 0 aromatic carbocycles. The van der Waals surface area contributed by atoms with Crippen molar-refractivity contribution in [2.75, 3.05) is 26.2 Å². The average Bonchev–Trinajstić information content (AvgIpc) is 3.19. The van der Waals surface area contributed by atoms with Gasteiger partial charge < -0.3 is 15.5 Å². The van der Waals surface area contributed by atoms with Crippen molar-refractivity contribution in [3.63, 3.8) is 0 Å². The summed E-state index contributed by atoms with van der Waals surface area (Å²) in [4.78, 5) is 27.5. The molecule has 2 fully saturated rings. The number of nitrogens with two attached hydrogens (primary N) is 1. The lowest BCUT2D eigenvalue weighted by Gasteiger charge is -2.35. The molecule has 2 amide bonds. The summed E-state index contributed by atoms with van der Waals surface area (Å²) in [6.45, 7) is 4.66. The van der Waals surface area contributed by atoms with Gasteiger partial charge >= 0.3 is 0 Å². The Morgan fingerprint density at radius 2 is 1.72 bits per heavy atom. The van der Waals surface area contributed by atoms with E-state index in [1.54, 1.807) is 0 Å². The SMILES string of the molecule is CC(N)CCC(=O)N1CCN(C(=O)C2CC2)CC1. The van der Waals surface area contributed by atoms with Gasteiger partial charge in [0.25, 0.3) is 0 Å². The van der Waals surface area contributed by atoms with E-state index in [-0.39, 0.29) is 23.8 Å². The second-order valence-electron chi connectivity index (χ2n) is 5.50. The predicted octanol–water partition coefficient (Wildman–Crippen LogP) is 0.195. The maximum Gasteiger partial charge on any atom is 0.225 e. The number of carbonyl (C=O) groups is 2. The number of piperazine rings is 1. The monoisotopic (exact) mass is 253 g/mol. The highest BCUT2D eigenvalue weighted by Gasteiger charge is 2.35. The molecule has 5 heteroatoms. The Balaban J connectivity index is 1.72. The van der Waals surface area contributed by atoms with E-state index in [9.17, 15) is 9.59 Å². The molecule has 1 heterocycles. The molecule has 2 rings (SSSR count). The van der Waals surface area contributed by atoms with Crippen LogP contribution in [0.4, 0.5) is 0 Å². The highest BCUT2D eigenvalue weighted by molar-refractivity contribution is 5.81. The molecule has 0 aromatic heterocycles. The van der Waals surface area contributed by atoms with Crippen molar-refractivity contribution >= 4 is 11.8 Å². The van der Waals surface area contributed by atoms with Crippen LogP contribution in [0.3, 0.4) is 0 Å². The first kappa shape index (κ1) is 13.3. The number of hydrogen-bond donors (Lipinski definition) is 1. The predicted molar refractivity (Wildman–Crippen MR) is 68.8 cm³/mol. The minimum atomic E-state index is 0.0756. The van der Waals surface area contributed by atoms with E-state index in [1.165, 1.54) is 0 Å². The van der Waals surface area contributed by atoms with E-state index in [4.69, 9.17) is 5.73 Å². The van der Waals surface area contributed by atoms with Crippen molar-refractivity contribution < 1.29 is 9.59 Å². The number of rotatable bonds is 4. The first-order chi connectivity index (χ1) is 8.58. The van der Waals surface area contributed by atoms with Crippen LogP contribution < -0.4 is 5.73 Å². The van der Waals surface area contributed by atoms with Gasteiger partial charge in [-0.15, -0.1) is 0 Å². The Labute approximate surface area is 108 Å². The van der Waals surface area contributed by atoms with Gasteiger partial charge in [0.2, 0.25) is 11.8 Å². The maximum absolute atomic E-state index is 11.9. The molecule has 1 atom stereocenters. The third kappa shape index (κ3) is 3.45. The van der Waals surface area contributed by atoms with Crippen molar-refractivity contribution in [2.24, 2.45) is 11.7 Å². The van der Waals surface area contributed by atoms with E-state index in [0.717, 1.165) is 19.3 Å². The molecule has 0 radical (unpaired) electrons. The smallest absolute Gasteiger partial charge is 0.225 e. The molecule has 1 unspecified atom stereocenters.